The predicted octanol–water partition coefficient (Wildman–Crippen LogP) is 4.77. The molecule has 1 heterocycles. The SMILES string of the molecule is CCC(C=O)C1CCC(CC)(CCCC(CC)C(C)OC)O1. The molecule has 3 heteroatoms. The molecule has 1 fully saturated rings. The molecule has 1 saturated heterocycles. The molecule has 5 unspecified atom stereocenters. The number of methoxy groups -OCH3 is 1. The lowest BCUT2D eigenvalue weighted by Crippen LogP contribution is -2.31. The van der Waals surface area contributed by atoms with Gasteiger partial charge in [0.2, 0.25) is 0 Å². The summed E-state index contributed by atoms with van der Waals surface area (Å²) in [6, 6.07) is 0. The lowest BCUT2D eigenvalue weighted by Gasteiger charge is -2.30. The van der Waals surface area contributed by atoms with Crippen LogP contribution in [0.25, 0.3) is 0 Å². The van der Waals surface area contributed by atoms with Gasteiger partial charge in [-0.2, -0.15) is 0 Å². The molecule has 3 nitrogen and oxygen atoms in total. The molecule has 0 radical (unpaired) electrons. The Kier molecular flexibility index (Phi) is 8.63. The summed E-state index contributed by atoms with van der Waals surface area (Å²) >= 11 is 0. The van der Waals surface area contributed by atoms with Gasteiger partial charge >= 0.3 is 0 Å². The Labute approximate surface area is 137 Å². The van der Waals surface area contributed by atoms with Crippen molar-refractivity contribution in [2.45, 2.75) is 96.9 Å². The van der Waals surface area contributed by atoms with Gasteiger partial charge in [0.1, 0.15) is 6.29 Å². The van der Waals surface area contributed by atoms with Gasteiger partial charge in [0.05, 0.1) is 17.8 Å². The van der Waals surface area contributed by atoms with Gasteiger partial charge in [-0.1, -0.05) is 33.6 Å². The van der Waals surface area contributed by atoms with Crippen molar-refractivity contribution in [2.75, 3.05) is 7.11 Å². The van der Waals surface area contributed by atoms with Gasteiger partial charge < -0.3 is 14.3 Å². The van der Waals surface area contributed by atoms with Gasteiger partial charge in [-0.25, -0.2) is 0 Å². The van der Waals surface area contributed by atoms with Crippen molar-refractivity contribution in [3.05, 3.63) is 0 Å². The van der Waals surface area contributed by atoms with Crippen LogP contribution in [0, 0.1) is 11.8 Å². The number of carbonyl (C=O) groups is 1. The second-order valence-electron chi connectivity index (χ2n) is 6.94. The largest absolute Gasteiger partial charge is 0.381 e. The molecule has 1 aliphatic rings. The van der Waals surface area contributed by atoms with Gasteiger partial charge in [0.15, 0.2) is 0 Å². The predicted molar refractivity (Wildman–Crippen MR) is 91.1 cm³/mol. The van der Waals surface area contributed by atoms with Crippen LogP contribution >= 0.6 is 0 Å². The number of rotatable bonds is 11. The Hall–Kier alpha value is -0.410. The Morgan fingerprint density at radius 1 is 1.32 bits per heavy atom. The van der Waals surface area contributed by atoms with E-state index in [4.69, 9.17) is 9.47 Å². The molecule has 22 heavy (non-hydrogen) atoms. The highest BCUT2D eigenvalue weighted by atomic mass is 16.5. The van der Waals surface area contributed by atoms with E-state index in [1.807, 2.05) is 0 Å². The smallest absolute Gasteiger partial charge is 0.125 e. The monoisotopic (exact) mass is 312 g/mol. The summed E-state index contributed by atoms with van der Waals surface area (Å²) in [6.45, 7) is 8.71. The third-order valence-electron chi connectivity index (χ3n) is 5.82. The van der Waals surface area contributed by atoms with E-state index in [9.17, 15) is 4.79 Å². The maximum atomic E-state index is 11.2. The van der Waals surface area contributed by atoms with Gasteiger partial charge in [-0.05, 0) is 51.4 Å². The topological polar surface area (TPSA) is 35.5 Å². The van der Waals surface area contributed by atoms with Crippen LogP contribution in [0.15, 0.2) is 0 Å². The van der Waals surface area contributed by atoms with Gasteiger partial charge in [-0.15, -0.1) is 0 Å². The van der Waals surface area contributed by atoms with E-state index in [0.717, 1.165) is 38.4 Å². The second-order valence-corrected chi connectivity index (χ2v) is 6.94. The number of aldehydes is 1. The Morgan fingerprint density at radius 3 is 2.55 bits per heavy atom. The van der Waals surface area contributed by atoms with Crippen LogP contribution in [-0.2, 0) is 14.3 Å². The van der Waals surface area contributed by atoms with E-state index < -0.39 is 0 Å². The zero-order valence-electron chi connectivity index (χ0n) is 15.3. The normalized spacial score (nSPS) is 29.2. The van der Waals surface area contributed by atoms with Crippen LogP contribution in [0.2, 0.25) is 0 Å². The summed E-state index contributed by atoms with van der Waals surface area (Å²) in [5.41, 5.74) is 0.00962. The summed E-state index contributed by atoms with van der Waals surface area (Å²) in [5, 5.41) is 0. The van der Waals surface area contributed by atoms with Crippen molar-refractivity contribution in [1.29, 1.82) is 0 Å². The quantitative estimate of drug-likeness (QED) is 0.515. The van der Waals surface area contributed by atoms with E-state index in [-0.39, 0.29) is 17.6 Å². The first-order valence-corrected chi connectivity index (χ1v) is 9.21. The minimum atomic E-state index is 0.00962. The average molecular weight is 312 g/mol. The molecule has 0 aromatic rings. The van der Waals surface area contributed by atoms with Gasteiger partial charge in [0.25, 0.3) is 0 Å². The molecule has 5 atom stereocenters. The molecule has 0 aromatic heterocycles. The third kappa shape index (κ3) is 5.06. The molecule has 0 saturated carbocycles. The molecular weight excluding hydrogens is 276 g/mol. The third-order valence-corrected chi connectivity index (χ3v) is 5.82. The molecular formula is C19H36O3. The van der Waals surface area contributed by atoms with Crippen molar-refractivity contribution < 1.29 is 14.3 Å². The summed E-state index contributed by atoms with van der Waals surface area (Å²) in [7, 11) is 1.80. The van der Waals surface area contributed by atoms with E-state index in [0.29, 0.717) is 12.0 Å². The molecule has 0 aromatic carbocycles. The van der Waals surface area contributed by atoms with E-state index in [1.54, 1.807) is 7.11 Å². The summed E-state index contributed by atoms with van der Waals surface area (Å²) in [6.07, 6.45) is 10.3. The van der Waals surface area contributed by atoms with Gasteiger partial charge in [-0.3, -0.25) is 0 Å². The molecule has 0 bridgehead atoms. The maximum Gasteiger partial charge on any atom is 0.125 e. The molecule has 1 rings (SSSR count). The minimum Gasteiger partial charge on any atom is -0.381 e. The Bertz CT molecular complexity index is 318. The Balaban J connectivity index is 2.50. The summed E-state index contributed by atoms with van der Waals surface area (Å²) < 4.78 is 11.9. The highest BCUT2D eigenvalue weighted by Crippen LogP contribution is 2.40. The summed E-state index contributed by atoms with van der Waals surface area (Å²) in [5.74, 6) is 0.708. The molecule has 0 N–H and O–H groups in total. The van der Waals surface area contributed by atoms with Crippen molar-refractivity contribution in [3.63, 3.8) is 0 Å². The fraction of sp³-hybridized carbons (Fsp3) is 0.947. The lowest BCUT2D eigenvalue weighted by molar-refractivity contribution is -0.120. The number of carbonyl (C=O) groups excluding carboxylic acids is 1. The van der Waals surface area contributed by atoms with Crippen LogP contribution in [0.5, 0.6) is 0 Å². The standard InChI is InChI=1S/C19H36O3/c1-6-16(15(4)21-5)10-9-12-19(8-3)13-11-18(22-19)17(7-2)14-20/h14-18H,6-13H2,1-5H3. The van der Waals surface area contributed by atoms with Crippen LogP contribution in [-0.4, -0.2) is 31.2 Å². The highest BCUT2D eigenvalue weighted by Gasteiger charge is 2.40. The maximum absolute atomic E-state index is 11.2. The zero-order chi connectivity index (χ0) is 16.6. The fourth-order valence-electron chi connectivity index (χ4n) is 3.86. The van der Waals surface area contributed by atoms with Gasteiger partial charge in [0, 0.05) is 13.0 Å². The van der Waals surface area contributed by atoms with Crippen molar-refractivity contribution >= 4 is 6.29 Å². The van der Waals surface area contributed by atoms with Crippen LogP contribution in [0.3, 0.4) is 0 Å². The van der Waals surface area contributed by atoms with E-state index in [1.165, 1.54) is 19.3 Å². The molecule has 1 aliphatic heterocycles. The second kappa shape index (κ2) is 9.67. The minimum absolute atomic E-state index is 0.00962. The lowest BCUT2D eigenvalue weighted by atomic mass is 9.86. The summed E-state index contributed by atoms with van der Waals surface area (Å²) in [4.78, 5) is 11.2. The first-order valence-electron chi connectivity index (χ1n) is 9.21. The van der Waals surface area contributed by atoms with Crippen LogP contribution < -0.4 is 0 Å². The van der Waals surface area contributed by atoms with Crippen LogP contribution in [0.4, 0.5) is 0 Å². The number of hydrogen-bond acceptors (Lipinski definition) is 3. The zero-order valence-corrected chi connectivity index (χ0v) is 15.3. The highest BCUT2D eigenvalue weighted by molar-refractivity contribution is 5.54. The van der Waals surface area contributed by atoms with Crippen molar-refractivity contribution in [2.24, 2.45) is 11.8 Å². The van der Waals surface area contributed by atoms with Crippen molar-refractivity contribution in [1.82, 2.24) is 0 Å². The molecule has 0 amide bonds. The van der Waals surface area contributed by atoms with Crippen LogP contribution in [0.1, 0.15) is 79.1 Å². The molecule has 0 aliphatic carbocycles. The first kappa shape index (κ1) is 19.6. The number of hydrogen-bond donors (Lipinski definition) is 0. The molecule has 0 spiro atoms. The average Bonchev–Trinajstić information content (AvgIpc) is 2.97. The molecule has 130 valence electrons. The van der Waals surface area contributed by atoms with E-state index >= 15 is 0 Å². The fourth-order valence-corrected chi connectivity index (χ4v) is 3.86. The Morgan fingerprint density at radius 2 is 2.05 bits per heavy atom. The van der Waals surface area contributed by atoms with Crippen molar-refractivity contribution in [3.8, 4) is 0 Å². The number of ether oxygens (including phenoxy) is 2. The first-order chi connectivity index (χ1) is 10.6. The van der Waals surface area contributed by atoms with E-state index in [2.05, 4.69) is 27.7 Å².